The van der Waals surface area contributed by atoms with Gasteiger partial charge in [-0.2, -0.15) is 5.26 Å². The van der Waals surface area contributed by atoms with Crippen molar-refractivity contribution in [1.82, 2.24) is 0 Å². The van der Waals surface area contributed by atoms with Crippen LogP contribution in [0.2, 0.25) is 0 Å². The molecule has 0 aromatic heterocycles. The van der Waals surface area contributed by atoms with Crippen molar-refractivity contribution in [2.45, 2.75) is 37.4 Å². The third-order valence-electron chi connectivity index (χ3n) is 8.13. The standard InChI is InChI=1S/C29H26N2O5/c1-28-13-14-29(36-28,15-16-35-20-10-8-19(34-2)9-11-20)25-24(28)26(32)31(27(25)33)23-12-7-18(17-30)21-5-3-4-6-22(21)23/h3-12,24-25H,13-16H2,1-2H3/t24-,25+,28-,29-/m0/s1. The molecule has 6 rings (SSSR count). The van der Waals surface area contributed by atoms with Gasteiger partial charge in [-0.1, -0.05) is 24.3 Å². The molecule has 3 fully saturated rings. The number of nitrogens with zero attached hydrogens (tertiary/aromatic N) is 2. The normalized spacial score (nSPS) is 28.4. The number of anilines is 1. The minimum absolute atomic E-state index is 0.222. The molecule has 7 nitrogen and oxygen atoms in total. The zero-order valence-electron chi connectivity index (χ0n) is 20.2. The summed E-state index contributed by atoms with van der Waals surface area (Å²) in [7, 11) is 1.61. The molecular formula is C29H26N2O5. The fourth-order valence-electron chi connectivity index (χ4n) is 6.44. The van der Waals surface area contributed by atoms with Crippen molar-refractivity contribution in [2.75, 3.05) is 18.6 Å². The van der Waals surface area contributed by atoms with Gasteiger partial charge >= 0.3 is 0 Å². The lowest BCUT2D eigenvalue weighted by atomic mass is 9.67. The van der Waals surface area contributed by atoms with Crippen molar-refractivity contribution in [3.05, 3.63) is 66.2 Å². The van der Waals surface area contributed by atoms with E-state index in [9.17, 15) is 14.9 Å². The van der Waals surface area contributed by atoms with Crippen LogP contribution in [0.5, 0.6) is 11.5 Å². The van der Waals surface area contributed by atoms with Crippen LogP contribution in [0.3, 0.4) is 0 Å². The molecule has 0 aliphatic carbocycles. The largest absolute Gasteiger partial charge is 0.497 e. The Hall–Kier alpha value is -3.89. The van der Waals surface area contributed by atoms with Crippen LogP contribution in [0, 0.1) is 23.2 Å². The maximum atomic E-state index is 13.9. The van der Waals surface area contributed by atoms with Gasteiger partial charge in [0.1, 0.15) is 11.5 Å². The number of hydrogen-bond acceptors (Lipinski definition) is 6. The summed E-state index contributed by atoms with van der Waals surface area (Å²) < 4.78 is 17.7. The highest BCUT2D eigenvalue weighted by Gasteiger charge is 2.73. The van der Waals surface area contributed by atoms with E-state index in [1.54, 1.807) is 19.2 Å². The molecule has 182 valence electrons. The summed E-state index contributed by atoms with van der Waals surface area (Å²) in [5.74, 6) is -0.0820. The predicted octanol–water partition coefficient (Wildman–Crippen LogP) is 4.62. The van der Waals surface area contributed by atoms with E-state index in [1.807, 2.05) is 55.5 Å². The summed E-state index contributed by atoms with van der Waals surface area (Å²) in [6.45, 7) is 2.32. The van der Waals surface area contributed by atoms with E-state index in [4.69, 9.17) is 14.2 Å². The Morgan fingerprint density at radius 3 is 2.39 bits per heavy atom. The Bertz CT molecular complexity index is 1430. The van der Waals surface area contributed by atoms with E-state index < -0.39 is 23.0 Å². The highest BCUT2D eigenvalue weighted by atomic mass is 16.5. The van der Waals surface area contributed by atoms with Gasteiger partial charge in [-0.15, -0.1) is 0 Å². The molecule has 0 N–H and O–H groups in total. The minimum Gasteiger partial charge on any atom is -0.497 e. The smallest absolute Gasteiger partial charge is 0.240 e. The average molecular weight is 483 g/mol. The van der Waals surface area contributed by atoms with Gasteiger partial charge < -0.3 is 14.2 Å². The molecule has 3 saturated heterocycles. The first-order valence-electron chi connectivity index (χ1n) is 12.2. The highest BCUT2D eigenvalue weighted by Crippen LogP contribution is 2.62. The lowest BCUT2D eigenvalue weighted by molar-refractivity contribution is -0.131. The van der Waals surface area contributed by atoms with Crippen LogP contribution < -0.4 is 14.4 Å². The van der Waals surface area contributed by atoms with E-state index in [1.165, 1.54) is 4.90 Å². The van der Waals surface area contributed by atoms with Crippen LogP contribution in [-0.2, 0) is 14.3 Å². The van der Waals surface area contributed by atoms with Gasteiger partial charge in [-0.25, -0.2) is 4.90 Å². The van der Waals surface area contributed by atoms with Crippen molar-refractivity contribution >= 4 is 28.3 Å². The first kappa shape index (κ1) is 22.6. The second-order valence-electron chi connectivity index (χ2n) is 10.0. The van der Waals surface area contributed by atoms with Gasteiger partial charge in [0.15, 0.2) is 0 Å². The molecule has 2 bridgehead atoms. The van der Waals surface area contributed by atoms with Gasteiger partial charge in [-0.05, 0) is 56.2 Å². The number of carbonyl (C=O) groups is 2. The van der Waals surface area contributed by atoms with Gasteiger partial charge in [0.2, 0.25) is 11.8 Å². The minimum atomic E-state index is -0.740. The molecule has 0 spiro atoms. The summed E-state index contributed by atoms with van der Waals surface area (Å²) >= 11 is 0. The summed E-state index contributed by atoms with van der Waals surface area (Å²) in [6.07, 6.45) is 1.94. The van der Waals surface area contributed by atoms with Crippen LogP contribution in [0.4, 0.5) is 5.69 Å². The van der Waals surface area contributed by atoms with E-state index in [0.717, 1.165) is 17.6 Å². The van der Waals surface area contributed by atoms with Gasteiger partial charge in [-0.3, -0.25) is 9.59 Å². The Morgan fingerprint density at radius 2 is 1.67 bits per heavy atom. The number of ether oxygens (including phenoxy) is 3. The van der Waals surface area contributed by atoms with E-state index in [0.29, 0.717) is 41.8 Å². The third-order valence-corrected chi connectivity index (χ3v) is 8.13. The first-order chi connectivity index (χ1) is 17.4. The summed E-state index contributed by atoms with van der Waals surface area (Å²) in [6, 6.07) is 20.3. The second kappa shape index (κ2) is 8.07. The Morgan fingerprint density at radius 1 is 0.972 bits per heavy atom. The fraction of sp³-hybridized carbons (Fsp3) is 0.345. The Labute approximate surface area is 209 Å². The molecule has 0 unspecified atom stereocenters. The third kappa shape index (κ3) is 3.14. The highest BCUT2D eigenvalue weighted by molar-refractivity contribution is 6.26. The van der Waals surface area contributed by atoms with Crippen molar-refractivity contribution in [3.8, 4) is 17.6 Å². The van der Waals surface area contributed by atoms with E-state index in [-0.39, 0.29) is 11.8 Å². The Kier molecular flexibility index (Phi) is 5.06. The van der Waals surface area contributed by atoms with Crippen LogP contribution in [0.15, 0.2) is 60.7 Å². The molecule has 3 aromatic carbocycles. The molecule has 0 saturated carbocycles. The number of rotatable bonds is 6. The number of hydrogen-bond donors (Lipinski definition) is 0. The molecule has 36 heavy (non-hydrogen) atoms. The Balaban J connectivity index is 1.31. The number of amides is 2. The quantitative estimate of drug-likeness (QED) is 0.477. The average Bonchev–Trinajstić information content (AvgIpc) is 3.48. The van der Waals surface area contributed by atoms with Crippen molar-refractivity contribution in [1.29, 1.82) is 5.26 Å². The first-order valence-corrected chi connectivity index (χ1v) is 12.2. The molecule has 4 atom stereocenters. The van der Waals surface area contributed by atoms with Crippen LogP contribution in [0.25, 0.3) is 10.8 Å². The molecule has 3 aliphatic heterocycles. The number of imide groups is 1. The molecule has 3 aliphatic rings. The monoisotopic (exact) mass is 482 g/mol. The number of fused-ring (bicyclic) bond motifs is 6. The number of methoxy groups -OCH3 is 1. The number of benzene rings is 3. The van der Waals surface area contributed by atoms with Gasteiger partial charge in [0, 0.05) is 17.2 Å². The topological polar surface area (TPSA) is 88.9 Å². The van der Waals surface area contributed by atoms with Crippen molar-refractivity contribution in [2.24, 2.45) is 11.8 Å². The van der Waals surface area contributed by atoms with Crippen molar-refractivity contribution < 1.29 is 23.8 Å². The zero-order valence-corrected chi connectivity index (χ0v) is 20.2. The molecule has 3 aromatic rings. The summed E-state index contributed by atoms with van der Waals surface area (Å²) in [4.78, 5) is 29.1. The SMILES string of the molecule is COc1ccc(OCC[C@]23CC[C@](C)(O2)[C@@H]2C(=O)N(c4ccc(C#N)c5ccccc45)C(=O)[C@@H]23)cc1. The lowest BCUT2D eigenvalue weighted by Crippen LogP contribution is -2.43. The molecular weight excluding hydrogens is 456 g/mol. The lowest BCUT2D eigenvalue weighted by Gasteiger charge is -2.31. The number of carbonyl (C=O) groups excluding carboxylic acids is 2. The molecule has 7 heteroatoms. The van der Waals surface area contributed by atoms with Gasteiger partial charge in [0.05, 0.1) is 54.1 Å². The van der Waals surface area contributed by atoms with Crippen molar-refractivity contribution in [3.63, 3.8) is 0 Å². The van der Waals surface area contributed by atoms with Crippen LogP contribution in [0.1, 0.15) is 31.7 Å². The molecule has 2 amide bonds. The van der Waals surface area contributed by atoms with E-state index >= 15 is 0 Å². The van der Waals surface area contributed by atoms with Crippen LogP contribution >= 0.6 is 0 Å². The van der Waals surface area contributed by atoms with Crippen LogP contribution in [-0.4, -0.2) is 36.7 Å². The maximum absolute atomic E-state index is 13.9. The fourth-order valence-corrected chi connectivity index (χ4v) is 6.44. The predicted molar refractivity (Wildman–Crippen MR) is 133 cm³/mol. The maximum Gasteiger partial charge on any atom is 0.240 e. The zero-order chi connectivity index (χ0) is 25.1. The molecule has 3 heterocycles. The summed E-state index contributed by atoms with van der Waals surface area (Å²) in [5.41, 5.74) is -0.387. The molecule has 0 radical (unpaired) electrons. The number of nitriles is 1. The van der Waals surface area contributed by atoms with E-state index in [2.05, 4.69) is 6.07 Å². The second-order valence-corrected chi connectivity index (χ2v) is 10.0. The van der Waals surface area contributed by atoms with Gasteiger partial charge in [0.25, 0.3) is 0 Å². The summed E-state index contributed by atoms with van der Waals surface area (Å²) in [5, 5.41) is 11.0.